The van der Waals surface area contributed by atoms with Crippen molar-refractivity contribution >= 4 is 17.9 Å². The highest BCUT2D eigenvalue weighted by atomic mass is 16.6. The van der Waals surface area contributed by atoms with Crippen LogP contribution in [0.2, 0.25) is 0 Å². The third-order valence-electron chi connectivity index (χ3n) is 6.68. The van der Waals surface area contributed by atoms with Crippen molar-refractivity contribution in [2.24, 2.45) is 0 Å². The Morgan fingerprint density at radius 3 is 1.88 bits per heavy atom. The Balaban J connectivity index is 1.59. The minimum absolute atomic E-state index is 0.272. The van der Waals surface area contributed by atoms with E-state index in [0.717, 1.165) is 38.9 Å². The van der Waals surface area contributed by atoms with E-state index in [0.29, 0.717) is 17.7 Å². The first kappa shape index (κ1) is 28.3. The summed E-state index contributed by atoms with van der Waals surface area (Å²) >= 11 is 0. The van der Waals surface area contributed by atoms with Gasteiger partial charge in [-0.2, -0.15) is 0 Å². The van der Waals surface area contributed by atoms with E-state index in [1.54, 1.807) is 32.9 Å². The van der Waals surface area contributed by atoms with Crippen LogP contribution < -0.4 is 4.74 Å². The van der Waals surface area contributed by atoms with Crippen LogP contribution in [0.1, 0.15) is 43.6 Å². The Hall–Kier alpha value is -4.71. The summed E-state index contributed by atoms with van der Waals surface area (Å²) in [6.07, 6.45) is -0.966. The number of ether oxygens (including phenoxy) is 3. The topological polar surface area (TPSA) is 78.9 Å². The molecule has 0 heterocycles. The van der Waals surface area contributed by atoms with Crippen molar-refractivity contribution in [3.8, 4) is 28.0 Å². The average Bonchev–Trinajstić information content (AvgIpc) is 3.24. The zero-order valence-electron chi connectivity index (χ0n) is 23.2. The summed E-state index contributed by atoms with van der Waals surface area (Å²) in [6, 6.07) is 19.5. The zero-order chi connectivity index (χ0) is 29.1. The molecule has 0 N–H and O–H groups in total. The molecule has 0 radical (unpaired) electrons. The Morgan fingerprint density at radius 2 is 1.27 bits per heavy atom. The van der Waals surface area contributed by atoms with Gasteiger partial charge in [-0.3, -0.25) is 0 Å². The van der Waals surface area contributed by atoms with Crippen LogP contribution in [0.25, 0.3) is 22.3 Å². The number of esters is 3. The molecule has 3 aromatic carbocycles. The second-order valence-corrected chi connectivity index (χ2v) is 10.2. The minimum Gasteiger partial charge on any atom is -0.454 e. The predicted molar refractivity (Wildman–Crippen MR) is 155 cm³/mol. The van der Waals surface area contributed by atoms with Crippen molar-refractivity contribution in [2.75, 3.05) is 0 Å². The number of benzene rings is 3. The average molecular weight is 537 g/mol. The first-order valence-electron chi connectivity index (χ1n) is 12.9. The van der Waals surface area contributed by atoms with E-state index < -0.39 is 30.1 Å². The molecule has 2 unspecified atom stereocenters. The highest BCUT2D eigenvalue weighted by molar-refractivity contribution is 5.89. The molecule has 0 saturated heterocycles. The van der Waals surface area contributed by atoms with Crippen molar-refractivity contribution in [1.29, 1.82) is 0 Å². The van der Waals surface area contributed by atoms with Crippen LogP contribution in [-0.4, -0.2) is 24.0 Å². The highest BCUT2D eigenvalue weighted by Crippen LogP contribution is 2.40. The van der Waals surface area contributed by atoms with Gasteiger partial charge in [0.15, 0.2) is 6.10 Å². The number of fused-ring (bicyclic) bond motifs is 1. The number of aryl methyl sites for hydroxylation is 1. The molecule has 0 amide bonds. The van der Waals surface area contributed by atoms with Crippen molar-refractivity contribution in [3.05, 3.63) is 114 Å². The SMILES string of the molecule is C=C(C)C(=O)Oc1ccc(-c2ccc(-c3ccc4c(c3)CC(OC(=O)C(=C)C)C4OC(=O)C(=C)C)c(C)c2)cc1. The normalized spacial score (nSPS) is 15.5. The van der Waals surface area contributed by atoms with E-state index in [-0.39, 0.29) is 11.1 Å². The van der Waals surface area contributed by atoms with Gasteiger partial charge in [-0.25, -0.2) is 14.4 Å². The molecular formula is C34H32O6. The fraction of sp³-hybridized carbons (Fsp3) is 0.206. The summed E-state index contributed by atoms with van der Waals surface area (Å²) < 4.78 is 16.6. The molecule has 1 aliphatic rings. The highest BCUT2D eigenvalue weighted by Gasteiger charge is 2.38. The third-order valence-corrected chi connectivity index (χ3v) is 6.68. The lowest BCUT2D eigenvalue weighted by atomic mass is 9.94. The lowest BCUT2D eigenvalue weighted by Crippen LogP contribution is -2.26. The molecule has 0 aliphatic heterocycles. The number of hydrogen-bond donors (Lipinski definition) is 0. The van der Waals surface area contributed by atoms with Gasteiger partial charge in [0.05, 0.1) is 0 Å². The van der Waals surface area contributed by atoms with E-state index >= 15 is 0 Å². The maximum atomic E-state index is 12.3. The predicted octanol–water partition coefficient (Wildman–Crippen LogP) is 7.01. The van der Waals surface area contributed by atoms with Gasteiger partial charge in [0.2, 0.25) is 0 Å². The van der Waals surface area contributed by atoms with Crippen molar-refractivity contribution < 1.29 is 28.6 Å². The van der Waals surface area contributed by atoms with Gasteiger partial charge in [0, 0.05) is 23.1 Å². The third kappa shape index (κ3) is 6.12. The summed E-state index contributed by atoms with van der Waals surface area (Å²) in [5.74, 6) is -1.06. The first-order valence-corrected chi connectivity index (χ1v) is 12.9. The molecule has 40 heavy (non-hydrogen) atoms. The summed E-state index contributed by atoms with van der Waals surface area (Å²) in [5.41, 5.74) is 7.78. The standard InChI is InChI=1S/C34H32O6/c1-19(2)32(35)38-27-12-8-23(9-13-27)24-10-14-28(22(7)16-24)25-11-15-29-26(17-25)18-30(39-33(36)20(3)4)31(29)40-34(37)21(5)6/h8-17,30-31H,1,3,5,18H2,2,4,6-7H3. The van der Waals surface area contributed by atoms with Crippen LogP contribution in [0.15, 0.2) is 97.1 Å². The van der Waals surface area contributed by atoms with Crippen LogP contribution in [-0.2, 0) is 30.3 Å². The van der Waals surface area contributed by atoms with E-state index in [1.807, 2.05) is 37.3 Å². The Morgan fingerprint density at radius 1 is 0.700 bits per heavy atom. The summed E-state index contributed by atoms with van der Waals surface area (Å²) in [5, 5.41) is 0. The molecule has 0 aromatic heterocycles. The first-order chi connectivity index (χ1) is 18.9. The second-order valence-electron chi connectivity index (χ2n) is 10.2. The molecule has 6 heteroatoms. The quantitative estimate of drug-likeness (QED) is 0.175. The van der Waals surface area contributed by atoms with Crippen LogP contribution in [0.5, 0.6) is 5.75 Å². The molecule has 3 aromatic rings. The van der Waals surface area contributed by atoms with Crippen LogP contribution in [0, 0.1) is 6.92 Å². The van der Waals surface area contributed by atoms with Gasteiger partial charge in [0.1, 0.15) is 11.9 Å². The smallest absolute Gasteiger partial charge is 0.338 e. The molecule has 0 saturated carbocycles. The van der Waals surface area contributed by atoms with Crippen molar-refractivity contribution in [1.82, 2.24) is 0 Å². The lowest BCUT2D eigenvalue weighted by Gasteiger charge is -2.21. The Labute approximate surface area is 234 Å². The molecule has 204 valence electrons. The minimum atomic E-state index is -0.724. The molecule has 2 atom stereocenters. The van der Waals surface area contributed by atoms with Crippen LogP contribution in [0.3, 0.4) is 0 Å². The largest absolute Gasteiger partial charge is 0.454 e. The monoisotopic (exact) mass is 536 g/mol. The van der Waals surface area contributed by atoms with Gasteiger partial charge >= 0.3 is 17.9 Å². The molecular weight excluding hydrogens is 504 g/mol. The van der Waals surface area contributed by atoms with Crippen LogP contribution in [0.4, 0.5) is 0 Å². The van der Waals surface area contributed by atoms with E-state index in [9.17, 15) is 14.4 Å². The van der Waals surface area contributed by atoms with Crippen LogP contribution >= 0.6 is 0 Å². The van der Waals surface area contributed by atoms with Gasteiger partial charge in [-0.1, -0.05) is 68.3 Å². The summed E-state index contributed by atoms with van der Waals surface area (Å²) in [4.78, 5) is 36.4. The number of hydrogen-bond acceptors (Lipinski definition) is 6. The van der Waals surface area contributed by atoms with Gasteiger partial charge in [0.25, 0.3) is 0 Å². The van der Waals surface area contributed by atoms with Gasteiger partial charge < -0.3 is 14.2 Å². The lowest BCUT2D eigenvalue weighted by molar-refractivity contribution is -0.161. The summed E-state index contributed by atoms with van der Waals surface area (Å²) in [6.45, 7) is 17.7. The molecule has 4 rings (SSSR count). The van der Waals surface area contributed by atoms with Gasteiger partial charge in [-0.05, 0) is 78.8 Å². The maximum absolute atomic E-state index is 12.3. The maximum Gasteiger partial charge on any atom is 0.338 e. The van der Waals surface area contributed by atoms with Crippen molar-refractivity contribution in [3.63, 3.8) is 0 Å². The zero-order valence-corrected chi connectivity index (χ0v) is 23.2. The van der Waals surface area contributed by atoms with Crippen molar-refractivity contribution in [2.45, 2.75) is 46.3 Å². The van der Waals surface area contributed by atoms with E-state index in [1.165, 1.54) is 0 Å². The molecule has 0 bridgehead atoms. The number of carbonyl (C=O) groups is 3. The second kappa shape index (κ2) is 11.6. The van der Waals surface area contributed by atoms with E-state index in [2.05, 4.69) is 37.9 Å². The molecule has 0 spiro atoms. The Kier molecular flexibility index (Phi) is 8.19. The number of rotatable bonds is 8. The fourth-order valence-electron chi connectivity index (χ4n) is 4.53. The van der Waals surface area contributed by atoms with E-state index in [4.69, 9.17) is 14.2 Å². The molecule has 0 fully saturated rings. The van der Waals surface area contributed by atoms with Gasteiger partial charge in [-0.15, -0.1) is 0 Å². The number of carbonyl (C=O) groups excluding carboxylic acids is 3. The molecule has 6 nitrogen and oxygen atoms in total. The Bertz CT molecular complexity index is 1540. The summed E-state index contributed by atoms with van der Waals surface area (Å²) in [7, 11) is 0. The molecule has 1 aliphatic carbocycles. The fourth-order valence-corrected chi connectivity index (χ4v) is 4.53.